The fraction of sp³-hybridized carbons (Fsp3) is 0. The zero-order valence-electron chi connectivity index (χ0n) is 72.5. The third-order valence-electron chi connectivity index (χ3n) is 27.7. The Bertz CT molecular complexity index is 9150. The molecule has 0 aliphatic heterocycles. The van der Waals surface area contributed by atoms with Crippen LogP contribution < -0.4 is 0 Å². The summed E-state index contributed by atoms with van der Waals surface area (Å²) in [5, 5.41) is 38.4. The molecule has 0 radical (unpaired) electrons. The lowest BCUT2D eigenvalue weighted by Crippen LogP contribution is -1.92. The van der Waals surface area contributed by atoms with Gasteiger partial charge in [0, 0.05) is 0 Å². The molecular weight excluding hydrogens is 1590 g/mol. The molecule has 0 N–H and O–H groups in total. The fourth-order valence-corrected chi connectivity index (χ4v) is 21.8. The largest absolute Gasteiger partial charge is 0.0616 e. The zero-order chi connectivity index (χ0) is 87.1. The molecule has 0 heteroatoms. The molecule has 0 saturated heterocycles. The normalized spacial score (nSPS) is 11.6. The smallest absolute Gasteiger partial charge is 0.00199 e. The molecule has 0 amide bonds. The van der Waals surface area contributed by atoms with E-state index in [2.05, 4.69) is 510 Å². The van der Waals surface area contributed by atoms with E-state index in [0.29, 0.717) is 0 Å². The van der Waals surface area contributed by atoms with Crippen LogP contribution in [-0.4, -0.2) is 0 Å². The van der Waals surface area contributed by atoms with Gasteiger partial charge in [0.1, 0.15) is 0 Å². The van der Waals surface area contributed by atoms with E-state index in [1.807, 2.05) is 0 Å². The van der Waals surface area contributed by atoms with E-state index >= 15 is 0 Å². The first kappa shape index (κ1) is 77.2. The first-order valence-electron chi connectivity index (χ1n) is 45.8. The fourth-order valence-electron chi connectivity index (χ4n) is 21.8. The van der Waals surface area contributed by atoms with Crippen molar-refractivity contribution in [1.29, 1.82) is 0 Å². The zero-order valence-corrected chi connectivity index (χ0v) is 72.5. The monoisotopic (exact) mass is 1670 g/mol. The van der Waals surface area contributed by atoms with E-state index in [1.54, 1.807) is 0 Å². The summed E-state index contributed by atoms with van der Waals surface area (Å²) in [4.78, 5) is 0. The first-order valence-corrected chi connectivity index (χ1v) is 45.8. The van der Waals surface area contributed by atoms with Gasteiger partial charge in [0.25, 0.3) is 0 Å². The topological polar surface area (TPSA) is 0 Å². The molecular formula is C132H84. The Morgan fingerprint density at radius 3 is 0.720 bits per heavy atom. The van der Waals surface area contributed by atoms with Gasteiger partial charge in [0.15, 0.2) is 0 Å². The van der Waals surface area contributed by atoms with Crippen LogP contribution in [0.25, 0.3) is 262 Å². The van der Waals surface area contributed by atoms with Gasteiger partial charge < -0.3 is 0 Å². The second-order valence-corrected chi connectivity index (χ2v) is 34.9. The average molecular weight is 1670 g/mol. The summed E-state index contributed by atoms with van der Waals surface area (Å²) < 4.78 is 0. The van der Waals surface area contributed by atoms with Gasteiger partial charge in [-0.15, -0.1) is 0 Å². The predicted octanol–water partition coefficient (Wildman–Crippen LogP) is 37.4. The van der Waals surface area contributed by atoms with Gasteiger partial charge in [-0.3, -0.25) is 0 Å². The van der Waals surface area contributed by atoms with Crippen LogP contribution in [0.3, 0.4) is 0 Å². The molecule has 0 aromatic heterocycles. The SMILES string of the molecule is c1cc(-c2cccc3ccccc23)cc(-c2c3ccccc3c(-c3cccc4ccccc34)c3ccccc23)c1.c1ccc2c(c1)cc(-c1ccc(-c3c4ccccc4c(-c4cc5ccccc5c5ccccc45)c4ccccc34)cc1)c1ccccc12.c1ccc2cc(-c3ccc(-c4c5ccccc5c(-c5cc6ccccc6c6ccccc56)c5ccccc45)cc3)ccc2c1. The summed E-state index contributed by atoms with van der Waals surface area (Å²) in [7, 11) is 0. The number of hydrogen-bond acceptors (Lipinski definition) is 0. The van der Waals surface area contributed by atoms with Crippen LogP contribution in [0.5, 0.6) is 0 Å². The van der Waals surface area contributed by atoms with Crippen molar-refractivity contribution < 1.29 is 0 Å². The molecule has 0 atom stereocenters. The molecule has 27 aromatic carbocycles. The highest BCUT2D eigenvalue weighted by atomic mass is 14.3. The summed E-state index contributed by atoms with van der Waals surface area (Å²) in [6.45, 7) is 0. The minimum absolute atomic E-state index is 1.23. The second-order valence-electron chi connectivity index (χ2n) is 34.9. The predicted molar refractivity (Wildman–Crippen MR) is 571 cm³/mol. The van der Waals surface area contributed by atoms with Crippen molar-refractivity contribution in [1.82, 2.24) is 0 Å². The third kappa shape index (κ3) is 13.2. The highest BCUT2D eigenvalue weighted by Gasteiger charge is 2.25. The van der Waals surface area contributed by atoms with Gasteiger partial charge in [-0.05, 0) is 292 Å². The number of benzene rings is 27. The molecule has 27 aromatic rings. The Hall–Kier alpha value is -17.2. The van der Waals surface area contributed by atoms with Crippen LogP contribution in [0.15, 0.2) is 510 Å². The molecule has 0 heterocycles. The molecule has 0 unspecified atom stereocenters. The van der Waals surface area contributed by atoms with Gasteiger partial charge in [0.05, 0.1) is 0 Å². The Labute approximate surface area is 765 Å². The van der Waals surface area contributed by atoms with Crippen molar-refractivity contribution >= 4 is 162 Å². The molecule has 0 spiro atoms. The molecule has 0 fully saturated rings. The van der Waals surface area contributed by atoms with Gasteiger partial charge in [-0.1, -0.05) is 479 Å². The van der Waals surface area contributed by atoms with Crippen LogP contribution in [0.4, 0.5) is 0 Å². The van der Waals surface area contributed by atoms with Crippen molar-refractivity contribution in [2.45, 2.75) is 0 Å². The van der Waals surface area contributed by atoms with Gasteiger partial charge in [0.2, 0.25) is 0 Å². The summed E-state index contributed by atoms with van der Waals surface area (Å²) in [6.07, 6.45) is 0. The van der Waals surface area contributed by atoms with Crippen LogP contribution in [-0.2, 0) is 0 Å². The molecule has 132 heavy (non-hydrogen) atoms. The Morgan fingerprint density at radius 1 is 0.0758 bits per heavy atom. The van der Waals surface area contributed by atoms with Gasteiger partial charge in [-0.25, -0.2) is 0 Å². The summed E-state index contributed by atoms with van der Waals surface area (Å²) in [5.41, 5.74) is 22.8. The minimum Gasteiger partial charge on any atom is -0.0616 e. The van der Waals surface area contributed by atoms with Crippen molar-refractivity contribution in [3.8, 4) is 100 Å². The van der Waals surface area contributed by atoms with Crippen molar-refractivity contribution in [3.63, 3.8) is 0 Å². The maximum atomic E-state index is 2.40. The summed E-state index contributed by atoms with van der Waals surface area (Å²) in [6, 6.07) is 187. The van der Waals surface area contributed by atoms with Crippen LogP contribution >= 0.6 is 0 Å². The first-order chi connectivity index (χ1) is 65.5. The minimum atomic E-state index is 1.23. The third-order valence-corrected chi connectivity index (χ3v) is 27.7. The van der Waals surface area contributed by atoms with Crippen molar-refractivity contribution in [3.05, 3.63) is 510 Å². The highest BCUT2D eigenvalue weighted by molar-refractivity contribution is 6.29. The van der Waals surface area contributed by atoms with Crippen LogP contribution in [0.1, 0.15) is 0 Å². The summed E-state index contributed by atoms with van der Waals surface area (Å²) >= 11 is 0. The maximum Gasteiger partial charge on any atom is -0.00199 e. The van der Waals surface area contributed by atoms with E-state index in [4.69, 9.17) is 0 Å². The van der Waals surface area contributed by atoms with E-state index in [0.717, 1.165) is 0 Å². The highest BCUT2D eigenvalue weighted by Crippen LogP contribution is 2.52. The number of rotatable bonds is 9. The summed E-state index contributed by atoms with van der Waals surface area (Å²) in [5.74, 6) is 0. The van der Waals surface area contributed by atoms with Gasteiger partial charge >= 0.3 is 0 Å². The number of hydrogen-bond donors (Lipinski definition) is 0. The Balaban J connectivity index is 0.000000107. The van der Waals surface area contributed by atoms with Gasteiger partial charge in [-0.2, -0.15) is 0 Å². The molecule has 27 rings (SSSR count). The second kappa shape index (κ2) is 32.6. The van der Waals surface area contributed by atoms with Crippen LogP contribution in [0, 0.1) is 0 Å². The number of fused-ring (bicyclic) bond motifs is 18. The standard InChI is InChI=1S/C48H30.C44H28.C40H26/c1-3-15-35-33(13-1)29-45(39-19-7-5-17-37(35)39)31-25-27-32(28-26-31)47-41-21-9-11-23-43(41)48(44-24-12-10-22-42(44)47)46-30-34-14-2-4-16-36(34)38-18-6-8-20-40(38)46;1-2-12-32-27-33(26-23-29(32)11-1)30-21-24-31(25-22-30)43-38-17-7-9-19-40(38)44(41-20-10-8-18-39(41)43)42-28-34-13-3-4-14-35(34)36-15-5-6-16-37(36)42;1-3-18-31-27(12-1)14-10-24-33(31)29-16-9-17-30(26-29)39-35-20-5-7-22-37(35)40(38-23-8-6-21-36(38)39)34-25-11-15-28-13-2-4-19-32(28)34/h1-30H;1-28H;1-26H. The molecule has 0 aliphatic rings. The average Bonchev–Trinajstić information content (AvgIpc) is 0.728. The maximum absolute atomic E-state index is 2.40. The quantitative estimate of drug-likeness (QED) is 0.0998. The lowest BCUT2D eigenvalue weighted by Gasteiger charge is -2.20. The molecule has 0 nitrogen and oxygen atoms in total. The van der Waals surface area contributed by atoms with Crippen molar-refractivity contribution in [2.75, 3.05) is 0 Å². The van der Waals surface area contributed by atoms with Crippen LogP contribution in [0.2, 0.25) is 0 Å². The van der Waals surface area contributed by atoms with E-state index < -0.39 is 0 Å². The Kier molecular flexibility index (Phi) is 19.1. The lowest BCUT2D eigenvalue weighted by atomic mass is 9.83. The molecule has 612 valence electrons. The van der Waals surface area contributed by atoms with Crippen molar-refractivity contribution in [2.24, 2.45) is 0 Å². The van der Waals surface area contributed by atoms with E-state index in [-0.39, 0.29) is 0 Å². The van der Waals surface area contributed by atoms with E-state index in [9.17, 15) is 0 Å². The molecule has 0 bridgehead atoms. The Morgan fingerprint density at radius 2 is 0.318 bits per heavy atom. The van der Waals surface area contributed by atoms with E-state index in [1.165, 1.54) is 262 Å². The lowest BCUT2D eigenvalue weighted by molar-refractivity contribution is 1.63. The molecule has 0 saturated carbocycles. The molecule has 0 aliphatic carbocycles.